The molecule has 43 heavy (non-hydrogen) atoms. The lowest BCUT2D eigenvalue weighted by atomic mass is 10.0. The Balaban J connectivity index is 1.43. The predicted octanol–water partition coefficient (Wildman–Crippen LogP) is 4.26. The van der Waals surface area contributed by atoms with E-state index in [4.69, 9.17) is 5.10 Å². The molecule has 3 aliphatic heterocycles. The zero-order chi connectivity index (χ0) is 30.8. The first kappa shape index (κ1) is 32.7. The first-order chi connectivity index (χ1) is 20.4. The standard InChI is InChI=1S/C29H41F4N5O3S2/c1-43(40,41)37-13-9-26-24(20-37)28(34-38(26)19-23(39)18-35-10-3-2-4-11-35)21-7-8-25(29(31,32)33)27(16-21)42-15-14-36-12-5-6-22(30)17-36/h7-8,16,22-23,39H,2-6,9-15,17-20H2,1H3/t22?,23-/m0/s1. The zero-order valence-electron chi connectivity index (χ0n) is 24.5. The summed E-state index contributed by atoms with van der Waals surface area (Å²) in [5.74, 6) is 0.371. The molecule has 0 radical (unpaired) electrons. The number of thioether (sulfide) groups is 1. The van der Waals surface area contributed by atoms with Crippen molar-refractivity contribution in [3.63, 3.8) is 0 Å². The Morgan fingerprint density at radius 1 is 1.07 bits per heavy atom. The summed E-state index contributed by atoms with van der Waals surface area (Å²) < 4.78 is 83.8. The van der Waals surface area contributed by atoms with Crippen LogP contribution >= 0.6 is 11.8 Å². The smallest absolute Gasteiger partial charge is 0.390 e. The number of halogens is 4. The van der Waals surface area contributed by atoms with E-state index in [2.05, 4.69) is 4.90 Å². The largest absolute Gasteiger partial charge is 0.417 e. The number of aliphatic hydroxyl groups excluding tert-OH is 1. The number of rotatable bonds is 10. The third-order valence-electron chi connectivity index (χ3n) is 8.54. The van der Waals surface area contributed by atoms with Crippen LogP contribution in [-0.2, 0) is 35.7 Å². The van der Waals surface area contributed by atoms with Gasteiger partial charge in [-0.15, -0.1) is 11.8 Å². The van der Waals surface area contributed by atoms with E-state index in [0.29, 0.717) is 55.0 Å². The van der Waals surface area contributed by atoms with Crippen molar-refractivity contribution in [1.82, 2.24) is 23.9 Å². The highest BCUT2D eigenvalue weighted by molar-refractivity contribution is 7.99. The van der Waals surface area contributed by atoms with Crippen LogP contribution in [0.1, 0.15) is 48.9 Å². The molecule has 14 heteroatoms. The minimum absolute atomic E-state index is 0.0584. The molecule has 2 fully saturated rings. The molecule has 1 aromatic heterocycles. The number of alkyl halides is 4. The molecule has 2 saturated heterocycles. The van der Waals surface area contributed by atoms with Crippen molar-refractivity contribution < 1.29 is 31.1 Å². The number of β-amino-alcohol motifs (C(OH)–C–C–N with tert-alkyl or cyclic N) is 1. The summed E-state index contributed by atoms with van der Waals surface area (Å²) in [6.07, 6.45) is 0.0103. The Morgan fingerprint density at radius 2 is 1.81 bits per heavy atom. The van der Waals surface area contributed by atoms with Gasteiger partial charge in [0.15, 0.2) is 0 Å². The van der Waals surface area contributed by atoms with E-state index in [9.17, 15) is 31.1 Å². The first-order valence-electron chi connectivity index (χ1n) is 15.0. The minimum Gasteiger partial charge on any atom is -0.390 e. The lowest BCUT2D eigenvalue weighted by Crippen LogP contribution is -2.39. The van der Waals surface area contributed by atoms with Gasteiger partial charge in [-0.3, -0.25) is 9.58 Å². The fraction of sp³-hybridized carbons (Fsp3) is 0.690. The number of hydrogen-bond donors (Lipinski definition) is 1. The van der Waals surface area contributed by atoms with E-state index < -0.39 is 34.0 Å². The molecule has 4 heterocycles. The molecule has 1 aromatic carbocycles. The second-order valence-corrected chi connectivity index (χ2v) is 15.0. The third-order valence-corrected chi connectivity index (χ3v) is 10.8. The third kappa shape index (κ3) is 8.31. The molecule has 5 rings (SSSR count). The van der Waals surface area contributed by atoms with Gasteiger partial charge in [0, 0.05) is 66.6 Å². The van der Waals surface area contributed by atoms with Crippen molar-refractivity contribution in [3.05, 3.63) is 35.0 Å². The summed E-state index contributed by atoms with van der Waals surface area (Å²) in [5.41, 5.74) is 1.60. The van der Waals surface area contributed by atoms with Crippen LogP contribution in [0.2, 0.25) is 0 Å². The molecule has 3 aliphatic rings. The van der Waals surface area contributed by atoms with Gasteiger partial charge in [0.25, 0.3) is 0 Å². The number of sulfonamides is 1. The number of likely N-dealkylation sites (tertiary alicyclic amines) is 2. The number of hydrogen-bond acceptors (Lipinski definition) is 7. The summed E-state index contributed by atoms with van der Waals surface area (Å²) in [7, 11) is -3.51. The maximum atomic E-state index is 14.0. The van der Waals surface area contributed by atoms with Crippen molar-refractivity contribution in [1.29, 1.82) is 0 Å². The molecule has 240 valence electrons. The predicted molar refractivity (Wildman–Crippen MR) is 159 cm³/mol. The maximum absolute atomic E-state index is 14.0. The van der Waals surface area contributed by atoms with Crippen molar-refractivity contribution in [2.75, 3.05) is 57.8 Å². The summed E-state index contributed by atoms with van der Waals surface area (Å²) in [4.78, 5) is 4.24. The van der Waals surface area contributed by atoms with Crippen LogP contribution in [0.15, 0.2) is 23.1 Å². The van der Waals surface area contributed by atoms with Gasteiger partial charge in [0.1, 0.15) is 6.17 Å². The van der Waals surface area contributed by atoms with Crippen LogP contribution in [0, 0.1) is 0 Å². The van der Waals surface area contributed by atoms with Crippen LogP contribution in [0.5, 0.6) is 0 Å². The molecule has 1 N–H and O–H groups in total. The lowest BCUT2D eigenvalue weighted by molar-refractivity contribution is -0.139. The second-order valence-electron chi connectivity index (χ2n) is 11.9. The Hall–Kier alpha value is -1.71. The average molecular weight is 648 g/mol. The van der Waals surface area contributed by atoms with Crippen LogP contribution < -0.4 is 0 Å². The topological polar surface area (TPSA) is 81.9 Å². The zero-order valence-corrected chi connectivity index (χ0v) is 26.2. The maximum Gasteiger partial charge on any atom is 0.417 e. The van der Waals surface area contributed by atoms with E-state index in [0.717, 1.165) is 68.7 Å². The molecule has 0 aliphatic carbocycles. The molecular weight excluding hydrogens is 606 g/mol. The van der Waals surface area contributed by atoms with Gasteiger partial charge >= 0.3 is 6.18 Å². The van der Waals surface area contributed by atoms with Gasteiger partial charge in [-0.1, -0.05) is 12.5 Å². The minimum atomic E-state index is -4.56. The SMILES string of the molecule is CS(=O)(=O)N1CCc2c(c(-c3ccc(C(F)(F)F)c(SCCN4CCCC(F)C4)c3)nn2C[C@@H](O)CN2CCCCC2)C1. The summed E-state index contributed by atoms with van der Waals surface area (Å²) in [5, 5.41) is 15.7. The number of piperidine rings is 2. The van der Waals surface area contributed by atoms with E-state index in [1.54, 1.807) is 4.68 Å². The quantitative estimate of drug-likeness (QED) is 0.305. The lowest BCUT2D eigenvalue weighted by Gasteiger charge is -2.29. The van der Waals surface area contributed by atoms with E-state index in [1.807, 2.05) is 4.90 Å². The van der Waals surface area contributed by atoms with Crippen LogP contribution in [0.25, 0.3) is 11.3 Å². The van der Waals surface area contributed by atoms with Crippen molar-refractivity contribution in [2.45, 2.75) is 75.0 Å². The number of aromatic nitrogens is 2. The number of nitrogens with zero attached hydrogens (tertiary/aromatic N) is 5. The van der Waals surface area contributed by atoms with Gasteiger partial charge in [-0.25, -0.2) is 12.8 Å². The number of fused-ring (bicyclic) bond motifs is 1. The molecule has 8 nitrogen and oxygen atoms in total. The van der Waals surface area contributed by atoms with Gasteiger partial charge < -0.3 is 10.0 Å². The molecule has 0 amide bonds. The first-order valence-corrected chi connectivity index (χ1v) is 17.9. The number of benzene rings is 1. The molecule has 0 saturated carbocycles. The molecular formula is C29H41F4N5O3S2. The normalized spacial score (nSPS) is 22.0. The van der Waals surface area contributed by atoms with Crippen LogP contribution in [-0.4, -0.2) is 108 Å². The molecule has 1 unspecified atom stereocenters. The Kier molecular flexibility index (Phi) is 10.4. The van der Waals surface area contributed by atoms with E-state index in [-0.39, 0.29) is 24.5 Å². The molecule has 2 atom stereocenters. The summed E-state index contributed by atoms with van der Waals surface area (Å²) in [6.45, 7) is 4.43. The Bertz CT molecular complexity index is 1360. The highest BCUT2D eigenvalue weighted by atomic mass is 32.2. The van der Waals surface area contributed by atoms with Crippen LogP contribution in [0.3, 0.4) is 0 Å². The fourth-order valence-corrected chi connectivity index (χ4v) is 8.25. The van der Waals surface area contributed by atoms with Gasteiger partial charge in [-0.05, 0) is 57.5 Å². The van der Waals surface area contributed by atoms with Crippen molar-refractivity contribution in [2.24, 2.45) is 0 Å². The van der Waals surface area contributed by atoms with E-state index >= 15 is 0 Å². The summed E-state index contributed by atoms with van der Waals surface area (Å²) in [6, 6.07) is 3.93. The fourth-order valence-electron chi connectivity index (χ4n) is 6.34. The monoisotopic (exact) mass is 647 g/mol. The van der Waals surface area contributed by atoms with E-state index in [1.165, 1.54) is 22.9 Å². The molecule has 0 spiro atoms. The van der Waals surface area contributed by atoms with Gasteiger partial charge in [0.05, 0.1) is 30.2 Å². The highest BCUT2D eigenvalue weighted by Crippen LogP contribution is 2.40. The summed E-state index contributed by atoms with van der Waals surface area (Å²) >= 11 is 1.09. The van der Waals surface area contributed by atoms with Crippen LogP contribution in [0.4, 0.5) is 17.6 Å². The van der Waals surface area contributed by atoms with Gasteiger partial charge in [0.2, 0.25) is 10.0 Å². The Labute approximate surface area is 255 Å². The van der Waals surface area contributed by atoms with Crippen molar-refractivity contribution in [3.8, 4) is 11.3 Å². The van der Waals surface area contributed by atoms with Gasteiger partial charge in [-0.2, -0.15) is 22.6 Å². The second kappa shape index (κ2) is 13.7. The molecule has 2 aromatic rings. The number of aliphatic hydroxyl groups is 1. The average Bonchev–Trinajstić information content (AvgIpc) is 3.30. The highest BCUT2D eigenvalue weighted by Gasteiger charge is 2.35. The Morgan fingerprint density at radius 3 is 2.51 bits per heavy atom. The molecule has 0 bridgehead atoms. The van der Waals surface area contributed by atoms with Crippen molar-refractivity contribution >= 4 is 21.8 Å².